The normalized spacial score (nSPS) is 15.3. The maximum absolute atomic E-state index is 11.5. The topological polar surface area (TPSA) is 54.3 Å². The van der Waals surface area contributed by atoms with E-state index in [9.17, 15) is 4.79 Å². The predicted octanol–water partition coefficient (Wildman–Crippen LogP) is 3.51. The Bertz CT molecular complexity index is 488. The standard InChI is InChI=1S/C15H19N3O2/c1-2-20-15(19)13-5-7-14(8-6-13)17-16-9-12-18-10-3-4-11-18/h5-9,12H,2-4,10-11H2,1H3/b12-9+,17-16?. The maximum atomic E-state index is 11.5. The van der Waals surface area contributed by atoms with Crippen molar-refractivity contribution in [3.05, 3.63) is 42.2 Å². The highest BCUT2D eigenvalue weighted by Crippen LogP contribution is 2.14. The Hall–Kier alpha value is -2.17. The number of rotatable bonds is 5. The number of ether oxygens (including phenoxy) is 1. The molecule has 5 nitrogen and oxygen atoms in total. The van der Waals surface area contributed by atoms with Gasteiger partial charge in [0.25, 0.3) is 0 Å². The second-order valence-electron chi connectivity index (χ2n) is 4.52. The van der Waals surface area contributed by atoms with Gasteiger partial charge in [-0.1, -0.05) is 0 Å². The lowest BCUT2D eigenvalue weighted by Gasteiger charge is -2.08. The number of hydrogen-bond acceptors (Lipinski definition) is 5. The fourth-order valence-corrected chi connectivity index (χ4v) is 1.99. The van der Waals surface area contributed by atoms with Gasteiger partial charge in [0.2, 0.25) is 0 Å². The Morgan fingerprint density at radius 3 is 2.65 bits per heavy atom. The summed E-state index contributed by atoms with van der Waals surface area (Å²) < 4.78 is 4.91. The molecule has 1 heterocycles. The first-order chi connectivity index (χ1) is 9.79. The van der Waals surface area contributed by atoms with E-state index in [0.717, 1.165) is 13.1 Å². The predicted molar refractivity (Wildman–Crippen MR) is 76.9 cm³/mol. The van der Waals surface area contributed by atoms with E-state index >= 15 is 0 Å². The minimum absolute atomic E-state index is 0.315. The molecule has 0 radical (unpaired) electrons. The van der Waals surface area contributed by atoms with Crippen LogP contribution >= 0.6 is 0 Å². The second-order valence-corrected chi connectivity index (χ2v) is 4.52. The second kappa shape index (κ2) is 7.43. The molecule has 0 aliphatic carbocycles. The number of azo groups is 1. The third-order valence-electron chi connectivity index (χ3n) is 3.04. The van der Waals surface area contributed by atoms with Crippen molar-refractivity contribution in [2.24, 2.45) is 10.2 Å². The van der Waals surface area contributed by atoms with Gasteiger partial charge in [-0.3, -0.25) is 0 Å². The van der Waals surface area contributed by atoms with Crippen molar-refractivity contribution in [1.82, 2.24) is 4.90 Å². The minimum Gasteiger partial charge on any atom is -0.462 e. The van der Waals surface area contributed by atoms with Gasteiger partial charge in [-0.15, -0.1) is 0 Å². The van der Waals surface area contributed by atoms with E-state index < -0.39 is 0 Å². The first kappa shape index (κ1) is 14.2. The zero-order valence-corrected chi connectivity index (χ0v) is 11.7. The quantitative estimate of drug-likeness (QED) is 0.609. The third-order valence-corrected chi connectivity index (χ3v) is 3.04. The molecule has 1 aliphatic heterocycles. The van der Waals surface area contributed by atoms with Crippen molar-refractivity contribution in [2.45, 2.75) is 19.8 Å². The van der Waals surface area contributed by atoms with Crippen LogP contribution in [0.1, 0.15) is 30.1 Å². The molecule has 0 amide bonds. The van der Waals surface area contributed by atoms with Gasteiger partial charge >= 0.3 is 5.97 Å². The van der Waals surface area contributed by atoms with Gasteiger partial charge < -0.3 is 9.64 Å². The van der Waals surface area contributed by atoms with E-state index in [1.165, 1.54) is 12.8 Å². The molecular weight excluding hydrogens is 254 g/mol. The van der Waals surface area contributed by atoms with Crippen molar-refractivity contribution in [2.75, 3.05) is 19.7 Å². The molecule has 1 fully saturated rings. The molecule has 0 aromatic heterocycles. The monoisotopic (exact) mass is 273 g/mol. The number of likely N-dealkylation sites (tertiary alicyclic amines) is 1. The molecule has 20 heavy (non-hydrogen) atoms. The van der Waals surface area contributed by atoms with Crippen LogP contribution in [0.5, 0.6) is 0 Å². The van der Waals surface area contributed by atoms with E-state index in [4.69, 9.17) is 4.74 Å². The van der Waals surface area contributed by atoms with Crippen LogP contribution in [0, 0.1) is 0 Å². The minimum atomic E-state index is -0.315. The fraction of sp³-hybridized carbons (Fsp3) is 0.400. The molecule has 0 bridgehead atoms. The van der Waals surface area contributed by atoms with Gasteiger partial charge in [-0.2, -0.15) is 10.2 Å². The lowest BCUT2D eigenvalue weighted by Crippen LogP contribution is -2.09. The van der Waals surface area contributed by atoms with Gasteiger partial charge in [0.15, 0.2) is 0 Å². The number of nitrogens with zero attached hydrogens (tertiary/aromatic N) is 3. The van der Waals surface area contributed by atoms with Crippen LogP contribution in [-0.4, -0.2) is 30.6 Å². The molecule has 0 unspecified atom stereocenters. The Morgan fingerprint density at radius 1 is 1.30 bits per heavy atom. The molecule has 1 aromatic carbocycles. The molecule has 0 N–H and O–H groups in total. The van der Waals surface area contributed by atoms with Crippen molar-refractivity contribution < 1.29 is 9.53 Å². The Kier molecular flexibility index (Phi) is 5.29. The molecular formula is C15H19N3O2. The highest BCUT2D eigenvalue weighted by Gasteiger charge is 2.06. The highest BCUT2D eigenvalue weighted by molar-refractivity contribution is 5.89. The molecule has 106 valence electrons. The van der Waals surface area contributed by atoms with Gasteiger partial charge in [0, 0.05) is 19.3 Å². The van der Waals surface area contributed by atoms with Crippen LogP contribution in [0.25, 0.3) is 0 Å². The first-order valence-electron chi connectivity index (χ1n) is 6.88. The summed E-state index contributed by atoms with van der Waals surface area (Å²) in [6.45, 7) is 4.36. The summed E-state index contributed by atoms with van der Waals surface area (Å²) >= 11 is 0. The zero-order chi connectivity index (χ0) is 14.2. The SMILES string of the molecule is CCOC(=O)c1ccc(N=N/C=C/N2CCCC2)cc1. The first-order valence-corrected chi connectivity index (χ1v) is 6.88. The van der Waals surface area contributed by atoms with E-state index in [-0.39, 0.29) is 5.97 Å². The molecule has 1 aliphatic rings. The smallest absolute Gasteiger partial charge is 0.338 e. The average molecular weight is 273 g/mol. The van der Waals surface area contributed by atoms with E-state index in [1.807, 2.05) is 6.20 Å². The number of benzene rings is 1. The zero-order valence-electron chi connectivity index (χ0n) is 11.7. The maximum Gasteiger partial charge on any atom is 0.338 e. The van der Waals surface area contributed by atoms with Crippen molar-refractivity contribution in [3.63, 3.8) is 0 Å². The van der Waals surface area contributed by atoms with Gasteiger partial charge in [-0.05, 0) is 44.0 Å². The fourth-order valence-electron chi connectivity index (χ4n) is 1.99. The molecule has 2 rings (SSSR count). The average Bonchev–Trinajstić information content (AvgIpc) is 2.98. The summed E-state index contributed by atoms with van der Waals surface area (Å²) in [5.41, 5.74) is 1.24. The van der Waals surface area contributed by atoms with Gasteiger partial charge in [0.05, 0.1) is 24.1 Å². The van der Waals surface area contributed by atoms with Crippen LogP contribution in [0.15, 0.2) is 46.9 Å². The summed E-state index contributed by atoms with van der Waals surface area (Å²) in [6, 6.07) is 6.88. The Balaban J connectivity index is 1.88. The molecule has 0 spiro atoms. The van der Waals surface area contributed by atoms with E-state index in [0.29, 0.717) is 17.9 Å². The van der Waals surface area contributed by atoms with Gasteiger partial charge in [0.1, 0.15) is 0 Å². The van der Waals surface area contributed by atoms with Crippen LogP contribution in [-0.2, 0) is 4.74 Å². The van der Waals surface area contributed by atoms with E-state index in [2.05, 4.69) is 15.1 Å². The molecule has 5 heteroatoms. The lowest BCUT2D eigenvalue weighted by molar-refractivity contribution is 0.0526. The summed E-state index contributed by atoms with van der Waals surface area (Å²) in [5, 5.41) is 8.08. The van der Waals surface area contributed by atoms with Crippen LogP contribution in [0.2, 0.25) is 0 Å². The molecule has 1 saturated heterocycles. The van der Waals surface area contributed by atoms with Crippen LogP contribution < -0.4 is 0 Å². The van der Waals surface area contributed by atoms with E-state index in [1.54, 1.807) is 37.4 Å². The molecule has 1 aromatic rings. The summed E-state index contributed by atoms with van der Waals surface area (Å²) in [4.78, 5) is 13.7. The van der Waals surface area contributed by atoms with Crippen LogP contribution in [0.3, 0.4) is 0 Å². The van der Waals surface area contributed by atoms with Crippen molar-refractivity contribution in [3.8, 4) is 0 Å². The molecule has 0 saturated carbocycles. The summed E-state index contributed by atoms with van der Waals surface area (Å²) in [5.74, 6) is -0.315. The summed E-state index contributed by atoms with van der Waals surface area (Å²) in [7, 11) is 0. The van der Waals surface area contributed by atoms with Gasteiger partial charge in [-0.25, -0.2) is 4.79 Å². The lowest BCUT2D eigenvalue weighted by atomic mass is 10.2. The Morgan fingerprint density at radius 2 is 2.00 bits per heavy atom. The van der Waals surface area contributed by atoms with Crippen molar-refractivity contribution in [1.29, 1.82) is 0 Å². The molecule has 0 atom stereocenters. The third kappa shape index (κ3) is 4.19. The summed E-state index contributed by atoms with van der Waals surface area (Å²) in [6.07, 6.45) is 6.15. The number of esters is 1. The Labute approximate surface area is 119 Å². The van der Waals surface area contributed by atoms with Crippen molar-refractivity contribution >= 4 is 11.7 Å². The number of hydrogen-bond donors (Lipinski definition) is 0. The largest absolute Gasteiger partial charge is 0.462 e. The van der Waals surface area contributed by atoms with Crippen LogP contribution in [0.4, 0.5) is 5.69 Å². The number of carbonyl (C=O) groups is 1. The number of carbonyl (C=O) groups excluding carboxylic acids is 1. The highest BCUT2D eigenvalue weighted by atomic mass is 16.5.